The van der Waals surface area contributed by atoms with Gasteiger partial charge in [0.05, 0.1) is 15.8 Å². The summed E-state index contributed by atoms with van der Waals surface area (Å²) in [6.07, 6.45) is 1.24. The van der Waals surface area contributed by atoms with E-state index in [1.807, 2.05) is 6.92 Å². The predicted octanol–water partition coefficient (Wildman–Crippen LogP) is 3.01. The first-order valence-corrected chi connectivity index (χ1v) is 7.85. The predicted molar refractivity (Wildman–Crippen MR) is 88.6 cm³/mol. The van der Waals surface area contributed by atoms with E-state index in [1.165, 1.54) is 0 Å². The molecule has 1 aromatic carbocycles. The van der Waals surface area contributed by atoms with Gasteiger partial charge in [0.25, 0.3) is 0 Å². The Balaban J connectivity index is 2.69. The van der Waals surface area contributed by atoms with E-state index >= 15 is 0 Å². The van der Waals surface area contributed by atoms with Crippen LogP contribution in [0, 0.1) is 0 Å². The summed E-state index contributed by atoms with van der Waals surface area (Å²) in [5.74, 6) is -0.0993. The van der Waals surface area contributed by atoms with Crippen LogP contribution in [-0.2, 0) is 9.63 Å². The summed E-state index contributed by atoms with van der Waals surface area (Å²) in [4.78, 5) is 16.8. The second-order valence-electron chi connectivity index (χ2n) is 4.51. The Morgan fingerprint density at radius 1 is 1.32 bits per heavy atom. The number of carbonyl (C=O) groups is 1. The first-order valence-electron chi connectivity index (χ1n) is 7.10. The largest absolute Gasteiger partial charge is 0.396 e. The minimum Gasteiger partial charge on any atom is -0.396 e. The number of oxime groups is 1. The summed E-state index contributed by atoms with van der Waals surface area (Å²) in [5, 5.41) is 16.3. The molecule has 0 unspecified atom stereocenters. The average molecular weight is 347 g/mol. The number of aliphatic hydroxyl groups is 1. The van der Waals surface area contributed by atoms with E-state index in [0.29, 0.717) is 41.8 Å². The zero-order chi connectivity index (χ0) is 16.4. The number of rotatable bonds is 9. The van der Waals surface area contributed by atoms with Gasteiger partial charge in [0, 0.05) is 31.6 Å². The Morgan fingerprint density at radius 3 is 2.73 bits per heavy atom. The highest BCUT2D eigenvalue weighted by atomic mass is 35.5. The number of aliphatic hydroxyl groups excluding tert-OH is 1. The van der Waals surface area contributed by atoms with Gasteiger partial charge in [-0.25, -0.2) is 0 Å². The molecule has 0 fully saturated rings. The van der Waals surface area contributed by atoms with Crippen molar-refractivity contribution < 1.29 is 14.7 Å². The van der Waals surface area contributed by atoms with Crippen LogP contribution in [0.15, 0.2) is 23.4 Å². The van der Waals surface area contributed by atoms with Gasteiger partial charge >= 0.3 is 0 Å². The van der Waals surface area contributed by atoms with Crippen LogP contribution in [0.25, 0.3) is 0 Å². The fourth-order valence-corrected chi connectivity index (χ4v) is 1.99. The van der Waals surface area contributed by atoms with E-state index in [4.69, 9.17) is 33.1 Å². The molecule has 1 rings (SSSR count). The molecule has 0 atom stereocenters. The smallest absolute Gasteiger partial charge is 0.220 e. The van der Waals surface area contributed by atoms with Gasteiger partial charge in [-0.3, -0.25) is 4.79 Å². The lowest BCUT2D eigenvalue weighted by molar-refractivity contribution is -0.120. The van der Waals surface area contributed by atoms with E-state index in [9.17, 15) is 4.79 Å². The summed E-state index contributed by atoms with van der Waals surface area (Å²) in [5.41, 5.74) is 1.41. The highest BCUT2D eigenvalue weighted by Gasteiger charge is 2.10. The first-order chi connectivity index (χ1) is 10.6. The molecular weight excluding hydrogens is 327 g/mol. The van der Waals surface area contributed by atoms with Crippen LogP contribution in [0.4, 0.5) is 0 Å². The Bertz CT molecular complexity index is 522. The van der Waals surface area contributed by atoms with Crippen LogP contribution in [0.5, 0.6) is 0 Å². The maximum atomic E-state index is 11.7. The zero-order valence-corrected chi connectivity index (χ0v) is 14.0. The van der Waals surface area contributed by atoms with Crippen molar-refractivity contribution in [3.8, 4) is 0 Å². The third-order valence-corrected chi connectivity index (χ3v) is 3.54. The van der Waals surface area contributed by atoms with Crippen LogP contribution in [0.3, 0.4) is 0 Å². The van der Waals surface area contributed by atoms with Crippen LogP contribution in [-0.4, -0.2) is 36.5 Å². The minimum absolute atomic E-state index is 0.0562. The third-order valence-electron chi connectivity index (χ3n) is 2.80. The molecule has 7 heteroatoms. The highest BCUT2D eigenvalue weighted by molar-refractivity contribution is 6.42. The van der Waals surface area contributed by atoms with E-state index in [0.717, 1.165) is 5.56 Å². The Kier molecular flexibility index (Phi) is 8.89. The van der Waals surface area contributed by atoms with Gasteiger partial charge in [0.15, 0.2) is 0 Å². The summed E-state index contributed by atoms with van der Waals surface area (Å²) in [6, 6.07) is 5.17. The van der Waals surface area contributed by atoms with Gasteiger partial charge in [0.2, 0.25) is 5.91 Å². The number of carbonyl (C=O) groups excluding carboxylic acids is 1. The quantitative estimate of drug-likeness (QED) is 0.410. The summed E-state index contributed by atoms with van der Waals surface area (Å²) in [6.45, 7) is 2.78. The molecular formula is C15H20Cl2N2O3. The molecule has 0 radical (unpaired) electrons. The number of nitrogens with one attached hydrogen (secondary N) is 1. The van der Waals surface area contributed by atoms with Crippen molar-refractivity contribution >= 4 is 34.8 Å². The minimum atomic E-state index is -0.0993. The molecule has 0 saturated carbocycles. The lowest BCUT2D eigenvalue weighted by Gasteiger charge is -2.08. The van der Waals surface area contributed by atoms with E-state index in [2.05, 4.69) is 10.5 Å². The van der Waals surface area contributed by atoms with Crippen molar-refractivity contribution in [3.63, 3.8) is 0 Å². The van der Waals surface area contributed by atoms with Gasteiger partial charge in [-0.05, 0) is 25.5 Å². The molecule has 1 aromatic rings. The Labute approximate surface area is 140 Å². The standard InChI is InChI=1S/C15H20Cl2N2O3/c1-2-22-19-14(6-7-15(21)18-8-3-9-20)11-4-5-12(16)13(17)10-11/h4-5,10,20H,2-3,6-9H2,1H3,(H,18,21)/b19-14+. The Morgan fingerprint density at radius 2 is 2.09 bits per heavy atom. The maximum absolute atomic E-state index is 11.7. The lowest BCUT2D eigenvalue weighted by Crippen LogP contribution is -2.25. The number of amides is 1. The topological polar surface area (TPSA) is 70.9 Å². The van der Waals surface area contributed by atoms with Gasteiger partial charge in [-0.15, -0.1) is 0 Å². The summed E-state index contributed by atoms with van der Waals surface area (Å²) < 4.78 is 0. The zero-order valence-electron chi connectivity index (χ0n) is 12.4. The number of halogens is 2. The number of nitrogens with zero attached hydrogens (tertiary/aromatic N) is 1. The molecule has 5 nitrogen and oxygen atoms in total. The van der Waals surface area contributed by atoms with Crippen LogP contribution >= 0.6 is 23.2 Å². The first kappa shape index (κ1) is 18.7. The molecule has 0 saturated heterocycles. The average Bonchev–Trinajstić information content (AvgIpc) is 2.50. The molecule has 0 bridgehead atoms. The number of hydrogen-bond acceptors (Lipinski definition) is 4. The SMILES string of the molecule is CCO/N=C(\CCC(=O)NCCCO)c1ccc(Cl)c(Cl)c1. The van der Waals surface area contributed by atoms with Crippen LogP contribution in [0.2, 0.25) is 10.0 Å². The summed E-state index contributed by atoms with van der Waals surface area (Å²) in [7, 11) is 0. The van der Waals surface area contributed by atoms with E-state index in [1.54, 1.807) is 18.2 Å². The lowest BCUT2D eigenvalue weighted by atomic mass is 10.1. The number of benzene rings is 1. The summed E-state index contributed by atoms with van der Waals surface area (Å²) >= 11 is 11.9. The van der Waals surface area contributed by atoms with Gasteiger partial charge in [-0.1, -0.05) is 34.4 Å². The molecule has 0 aromatic heterocycles. The molecule has 0 heterocycles. The molecule has 0 aliphatic carbocycles. The second-order valence-corrected chi connectivity index (χ2v) is 5.33. The van der Waals surface area contributed by atoms with Gasteiger partial charge in [-0.2, -0.15) is 0 Å². The van der Waals surface area contributed by atoms with Crippen molar-refractivity contribution in [1.82, 2.24) is 5.32 Å². The van der Waals surface area contributed by atoms with Crippen LogP contribution < -0.4 is 5.32 Å². The number of hydrogen-bond donors (Lipinski definition) is 2. The van der Waals surface area contributed by atoms with Gasteiger partial charge < -0.3 is 15.3 Å². The maximum Gasteiger partial charge on any atom is 0.220 e. The van der Waals surface area contributed by atoms with E-state index < -0.39 is 0 Å². The van der Waals surface area contributed by atoms with Crippen LogP contribution in [0.1, 0.15) is 31.7 Å². The normalized spacial score (nSPS) is 11.4. The molecule has 1 amide bonds. The van der Waals surface area contributed by atoms with Crippen molar-refractivity contribution in [1.29, 1.82) is 0 Å². The molecule has 0 aliphatic rings. The Hall–Kier alpha value is -1.30. The van der Waals surface area contributed by atoms with Gasteiger partial charge in [0.1, 0.15) is 6.61 Å². The van der Waals surface area contributed by atoms with Crippen molar-refractivity contribution in [2.24, 2.45) is 5.16 Å². The molecule has 122 valence electrons. The fraction of sp³-hybridized carbons (Fsp3) is 0.467. The van der Waals surface area contributed by atoms with Crippen molar-refractivity contribution in [2.45, 2.75) is 26.2 Å². The second kappa shape index (κ2) is 10.4. The van der Waals surface area contributed by atoms with Crippen molar-refractivity contribution in [2.75, 3.05) is 19.8 Å². The molecule has 0 spiro atoms. The highest BCUT2D eigenvalue weighted by Crippen LogP contribution is 2.23. The molecule has 0 aliphatic heterocycles. The fourth-order valence-electron chi connectivity index (χ4n) is 1.69. The van der Waals surface area contributed by atoms with Crippen molar-refractivity contribution in [3.05, 3.63) is 33.8 Å². The molecule has 2 N–H and O–H groups in total. The molecule has 22 heavy (non-hydrogen) atoms. The van der Waals surface area contributed by atoms with E-state index in [-0.39, 0.29) is 18.9 Å². The third kappa shape index (κ3) is 6.64. The monoisotopic (exact) mass is 346 g/mol.